The van der Waals surface area contributed by atoms with Gasteiger partial charge in [0.25, 0.3) is 0 Å². The minimum Gasteiger partial charge on any atom is -0.697 e. The van der Waals surface area contributed by atoms with Crippen LogP contribution in [0.15, 0.2) is 24.3 Å². The quantitative estimate of drug-likeness (QED) is 0.672. The summed E-state index contributed by atoms with van der Waals surface area (Å²) in [5, 5.41) is 0. The molecule has 0 saturated carbocycles. The van der Waals surface area contributed by atoms with Crippen molar-refractivity contribution in [3.8, 4) is 0 Å². The molecule has 1 aliphatic heterocycles. The summed E-state index contributed by atoms with van der Waals surface area (Å²) in [7, 11) is 0. The smallest absolute Gasteiger partial charge is 0.697 e. The van der Waals surface area contributed by atoms with Gasteiger partial charge in [0.1, 0.15) is 0 Å². The van der Waals surface area contributed by atoms with E-state index in [1.807, 2.05) is 24.3 Å². The van der Waals surface area contributed by atoms with E-state index in [0.29, 0.717) is 11.6 Å². The Bertz CT molecular complexity index is 316. The molecule has 1 heterocycles. The first kappa shape index (κ1) is 13.5. The van der Waals surface area contributed by atoms with E-state index in [4.69, 9.17) is 11.5 Å². The molecular weight excluding hydrogens is 213 g/mol. The van der Waals surface area contributed by atoms with Gasteiger partial charge in [-0.3, -0.25) is 0 Å². The third kappa shape index (κ3) is 3.18. The van der Waals surface area contributed by atoms with Gasteiger partial charge in [-0.25, -0.2) is 0 Å². The van der Waals surface area contributed by atoms with Crippen molar-refractivity contribution in [2.45, 2.75) is 6.42 Å². The van der Waals surface area contributed by atoms with Gasteiger partial charge in [0.2, 0.25) is 0 Å². The molecule has 1 atom stereocenters. The van der Waals surface area contributed by atoms with E-state index >= 15 is 0 Å². The summed E-state index contributed by atoms with van der Waals surface area (Å²) in [6.07, 6.45) is 1.16. The van der Waals surface area contributed by atoms with Crippen molar-refractivity contribution < 1.29 is 51.4 Å². The van der Waals surface area contributed by atoms with Gasteiger partial charge < -0.3 is 16.4 Å². The molecule has 4 heteroatoms. The van der Waals surface area contributed by atoms with Gasteiger partial charge in [-0.05, 0) is 24.9 Å². The molecule has 3 nitrogen and oxygen atoms in total. The summed E-state index contributed by atoms with van der Waals surface area (Å²) in [6, 6.07) is 7.75. The fourth-order valence-electron chi connectivity index (χ4n) is 1.99. The average molecular weight is 229 g/mol. The Morgan fingerprint density at radius 2 is 2.13 bits per heavy atom. The summed E-state index contributed by atoms with van der Waals surface area (Å²) in [5.74, 6) is 0.606. The van der Waals surface area contributed by atoms with Crippen LogP contribution >= 0.6 is 0 Å². The molecule has 76 valence electrons. The Labute approximate surface area is 134 Å². The zero-order valence-electron chi connectivity index (χ0n) is 9.24. The van der Waals surface area contributed by atoms with Crippen molar-refractivity contribution >= 4 is 11.4 Å². The van der Waals surface area contributed by atoms with Crippen molar-refractivity contribution in [3.63, 3.8) is 0 Å². The van der Waals surface area contributed by atoms with Crippen LogP contribution in [-0.4, -0.2) is 19.6 Å². The first-order valence-electron chi connectivity index (χ1n) is 5.07. The van der Waals surface area contributed by atoms with Gasteiger partial charge >= 0.3 is 51.4 Å². The number of anilines is 1. The molecule has 1 saturated heterocycles. The summed E-state index contributed by atoms with van der Waals surface area (Å²) in [6.45, 7) is 2.81. The zero-order valence-corrected chi connectivity index (χ0v) is 12.4. The number of para-hydroxylation sites is 1. The first-order valence-corrected chi connectivity index (χ1v) is 5.07. The third-order valence-electron chi connectivity index (χ3n) is 2.86. The Morgan fingerprint density at radius 1 is 1.40 bits per heavy atom. The summed E-state index contributed by atoms with van der Waals surface area (Å²) in [4.78, 5) is 2.26. The second-order valence-electron chi connectivity index (χ2n) is 3.85. The number of nitrogens with two attached hydrogens (primary N) is 1. The molecule has 1 aromatic carbocycles. The Balaban J connectivity index is 0.00000112. The van der Waals surface area contributed by atoms with Crippen LogP contribution in [0.2, 0.25) is 0 Å². The molecular formula is C11H16KN3. The number of hydrogen-bond donors (Lipinski definition) is 1. The molecule has 1 aromatic rings. The van der Waals surface area contributed by atoms with E-state index in [1.165, 1.54) is 0 Å². The van der Waals surface area contributed by atoms with E-state index in [9.17, 15) is 0 Å². The van der Waals surface area contributed by atoms with E-state index in [0.717, 1.165) is 31.7 Å². The zero-order chi connectivity index (χ0) is 9.97. The number of nitrogens with zero attached hydrogens (tertiary/aromatic N) is 1. The molecule has 1 aliphatic rings. The number of hydrogen-bond acceptors (Lipinski definition) is 2. The maximum atomic E-state index is 7.79. The molecule has 3 N–H and O–H groups in total. The normalized spacial score (nSPS) is 20.1. The summed E-state index contributed by atoms with van der Waals surface area (Å²) >= 11 is 0. The topological polar surface area (TPSA) is 53.1 Å². The maximum Gasteiger partial charge on any atom is 1.00 e. The van der Waals surface area contributed by atoms with E-state index in [1.54, 1.807) is 0 Å². The molecule has 0 aromatic heterocycles. The Hall–Kier alpha value is 0.416. The predicted molar refractivity (Wildman–Crippen MR) is 59.8 cm³/mol. The van der Waals surface area contributed by atoms with Gasteiger partial charge in [-0.2, -0.15) is 0 Å². The van der Waals surface area contributed by atoms with Crippen molar-refractivity contribution in [2.24, 2.45) is 11.7 Å². The van der Waals surface area contributed by atoms with Crippen molar-refractivity contribution in [2.75, 3.05) is 24.5 Å². The van der Waals surface area contributed by atoms with Crippen LogP contribution in [0.1, 0.15) is 6.42 Å². The Morgan fingerprint density at radius 3 is 2.73 bits per heavy atom. The third-order valence-corrected chi connectivity index (χ3v) is 2.86. The van der Waals surface area contributed by atoms with Crippen LogP contribution in [0, 0.1) is 5.92 Å². The van der Waals surface area contributed by atoms with Gasteiger partial charge in [0.05, 0.1) is 0 Å². The molecule has 0 bridgehead atoms. The number of nitrogens with one attached hydrogen (secondary N) is 1. The summed E-state index contributed by atoms with van der Waals surface area (Å²) < 4.78 is 0. The molecule has 0 spiro atoms. The van der Waals surface area contributed by atoms with Crippen LogP contribution in [0.5, 0.6) is 0 Å². The van der Waals surface area contributed by atoms with Gasteiger partial charge in [0.15, 0.2) is 0 Å². The number of benzene rings is 1. The van der Waals surface area contributed by atoms with Gasteiger partial charge in [-0.1, -0.05) is 18.2 Å². The fourth-order valence-corrected chi connectivity index (χ4v) is 1.99. The van der Waals surface area contributed by atoms with Crippen LogP contribution in [-0.2, 0) is 0 Å². The molecule has 0 amide bonds. The second-order valence-corrected chi connectivity index (χ2v) is 3.85. The molecule has 1 unspecified atom stereocenters. The molecule has 1 fully saturated rings. The van der Waals surface area contributed by atoms with Crippen LogP contribution in [0.25, 0.3) is 5.73 Å². The Kier molecular flexibility index (Phi) is 5.60. The van der Waals surface area contributed by atoms with Crippen LogP contribution in [0.4, 0.5) is 11.4 Å². The second kappa shape index (κ2) is 6.23. The van der Waals surface area contributed by atoms with Crippen LogP contribution in [0.3, 0.4) is 0 Å². The summed E-state index contributed by atoms with van der Waals surface area (Å²) in [5.41, 5.74) is 15.1. The van der Waals surface area contributed by atoms with Crippen molar-refractivity contribution in [1.82, 2.24) is 0 Å². The average Bonchev–Trinajstić information content (AvgIpc) is 2.67. The van der Waals surface area contributed by atoms with Gasteiger partial charge in [0, 0.05) is 18.8 Å². The predicted octanol–water partition coefficient (Wildman–Crippen LogP) is -0.841. The maximum absolute atomic E-state index is 7.79. The van der Waals surface area contributed by atoms with E-state index in [2.05, 4.69) is 4.90 Å². The minimum absolute atomic E-state index is 0. The van der Waals surface area contributed by atoms with Crippen molar-refractivity contribution in [3.05, 3.63) is 30.0 Å². The van der Waals surface area contributed by atoms with Crippen LogP contribution < -0.4 is 62.0 Å². The van der Waals surface area contributed by atoms with Crippen molar-refractivity contribution in [1.29, 1.82) is 0 Å². The minimum atomic E-state index is 0. The monoisotopic (exact) mass is 229 g/mol. The molecule has 15 heavy (non-hydrogen) atoms. The molecule has 0 radical (unpaired) electrons. The molecule has 2 rings (SSSR count). The van der Waals surface area contributed by atoms with Gasteiger partial charge in [-0.15, -0.1) is 5.69 Å². The van der Waals surface area contributed by atoms with E-state index in [-0.39, 0.29) is 51.4 Å². The number of rotatable bonds is 2. The fraction of sp³-hybridized carbons (Fsp3) is 0.455. The van der Waals surface area contributed by atoms with E-state index < -0.39 is 0 Å². The first-order chi connectivity index (χ1) is 6.81. The largest absolute Gasteiger partial charge is 1.00 e. The SMILES string of the molecule is [K+].[NH-]c1ccccc1N1CCC(CN)C1. The molecule has 0 aliphatic carbocycles. The standard InChI is InChI=1S/C11H16N3.K/c12-7-9-5-6-14(8-9)11-4-2-1-3-10(11)13;/h1-4,9,13H,5-8,12H2;/q-1;+1.